The van der Waals surface area contributed by atoms with Crippen LogP contribution in [0.15, 0.2) is 0 Å². The van der Waals surface area contributed by atoms with Crippen LogP contribution in [0.25, 0.3) is 0 Å². The molecular formula is C14H23N3O4. The molecule has 0 radical (unpaired) electrons. The van der Waals surface area contributed by atoms with E-state index in [1.54, 1.807) is 9.80 Å². The van der Waals surface area contributed by atoms with Gasteiger partial charge in [0, 0.05) is 32.7 Å². The van der Waals surface area contributed by atoms with Gasteiger partial charge in [0.1, 0.15) is 0 Å². The number of hydrogen-bond acceptors (Lipinski definition) is 3. The van der Waals surface area contributed by atoms with E-state index < -0.39 is 17.8 Å². The van der Waals surface area contributed by atoms with Crippen LogP contribution in [0.5, 0.6) is 0 Å². The summed E-state index contributed by atoms with van der Waals surface area (Å²) in [5, 5.41) is 11.9. The summed E-state index contributed by atoms with van der Waals surface area (Å²) in [5.41, 5.74) is 0. The number of nitrogens with zero attached hydrogens (tertiary/aromatic N) is 2. The van der Waals surface area contributed by atoms with Gasteiger partial charge in [0.15, 0.2) is 0 Å². The summed E-state index contributed by atoms with van der Waals surface area (Å²) in [6, 6.07) is -0.103. The maximum Gasteiger partial charge on any atom is 0.317 e. The third-order valence-corrected chi connectivity index (χ3v) is 4.36. The van der Waals surface area contributed by atoms with E-state index in [9.17, 15) is 19.5 Å². The molecule has 0 aromatic rings. The van der Waals surface area contributed by atoms with Crippen molar-refractivity contribution in [1.29, 1.82) is 0 Å². The number of rotatable bonds is 3. The molecule has 2 fully saturated rings. The van der Waals surface area contributed by atoms with Gasteiger partial charge in [-0.2, -0.15) is 0 Å². The standard InChI is InChI=1S/C14H23N3O4/c1-2-15-14(21)17-8-6-16(7-9-17)12(18)10-4-3-5-11(10)13(19)20/h10-11H,2-9H2,1H3,(H,15,21)(H,19,20)/t10-,11+/m1/s1. The monoisotopic (exact) mass is 297 g/mol. The number of carbonyl (C=O) groups excluding carboxylic acids is 2. The predicted molar refractivity (Wildman–Crippen MR) is 75.7 cm³/mol. The Morgan fingerprint density at radius 3 is 2.19 bits per heavy atom. The first-order valence-electron chi connectivity index (χ1n) is 7.59. The molecule has 0 aromatic carbocycles. The molecule has 7 heteroatoms. The third-order valence-electron chi connectivity index (χ3n) is 4.36. The highest BCUT2D eigenvalue weighted by Crippen LogP contribution is 2.33. The number of piperazine rings is 1. The van der Waals surface area contributed by atoms with Crippen LogP contribution < -0.4 is 5.32 Å². The Balaban J connectivity index is 1.88. The lowest BCUT2D eigenvalue weighted by Crippen LogP contribution is -2.54. The van der Waals surface area contributed by atoms with Gasteiger partial charge in [-0.1, -0.05) is 6.42 Å². The maximum absolute atomic E-state index is 12.5. The molecule has 1 heterocycles. The van der Waals surface area contributed by atoms with Crippen LogP contribution >= 0.6 is 0 Å². The number of amides is 3. The molecule has 3 amide bonds. The fourth-order valence-electron chi connectivity index (χ4n) is 3.18. The van der Waals surface area contributed by atoms with Crippen LogP contribution in [-0.4, -0.2) is 65.5 Å². The van der Waals surface area contributed by atoms with Crippen LogP contribution in [0.1, 0.15) is 26.2 Å². The molecule has 0 aromatic heterocycles. The van der Waals surface area contributed by atoms with E-state index >= 15 is 0 Å². The minimum atomic E-state index is -0.869. The van der Waals surface area contributed by atoms with Gasteiger partial charge < -0.3 is 20.2 Å². The Morgan fingerprint density at radius 2 is 1.62 bits per heavy atom. The van der Waals surface area contributed by atoms with E-state index in [4.69, 9.17) is 0 Å². The molecule has 2 N–H and O–H groups in total. The van der Waals surface area contributed by atoms with Gasteiger partial charge in [-0.05, 0) is 19.8 Å². The molecule has 1 saturated carbocycles. The Hall–Kier alpha value is -1.79. The number of carboxylic acid groups (broad SMARTS) is 1. The average molecular weight is 297 g/mol. The van der Waals surface area contributed by atoms with E-state index in [0.717, 1.165) is 6.42 Å². The van der Waals surface area contributed by atoms with Gasteiger partial charge in [0.2, 0.25) is 5.91 Å². The third kappa shape index (κ3) is 3.46. The van der Waals surface area contributed by atoms with Crippen molar-refractivity contribution in [2.45, 2.75) is 26.2 Å². The number of aliphatic carboxylic acids is 1. The molecule has 118 valence electrons. The highest BCUT2D eigenvalue weighted by molar-refractivity contribution is 5.85. The van der Waals surface area contributed by atoms with E-state index in [0.29, 0.717) is 45.6 Å². The van der Waals surface area contributed by atoms with Crippen LogP contribution in [0, 0.1) is 11.8 Å². The Bertz CT molecular complexity index is 418. The summed E-state index contributed by atoms with van der Waals surface area (Å²) in [6.07, 6.45) is 2.04. The molecule has 2 rings (SSSR count). The van der Waals surface area contributed by atoms with Crippen LogP contribution in [-0.2, 0) is 9.59 Å². The highest BCUT2D eigenvalue weighted by Gasteiger charge is 2.40. The number of carbonyl (C=O) groups is 3. The van der Waals surface area contributed by atoms with E-state index in [1.807, 2.05) is 6.92 Å². The van der Waals surface area contributed by atoms with Crippen molar-refractivity contribution in [3.63, 3.8) is 0 Å². The smallest absolute Gasteiger partial charge is 0.317 e. The van der Waals surface area contributed by atoms with Crippen molar-refractivity contribution in [3.8, 4) is 0 Å². The zero-order chi connectivity index (χ0) is 15.4. The normalized spacial score (nSPS) is 25.8. The van der Waals surface area contributed by atoms with Gasteiger partial charge in [0.05, 0.1) is 11.8 Å². The molecule has 21 heavy (non-hydrogen) atoms. The Labute approximate surface area is 124 Å². The second-order valence-corrected chi connectivity index (χ2v) is 5.63. The van der Waals surface area contributed by atoms with Gasteiger partial charge in [0.25, 0.3) is 0 Å². The second-order valence-electron chi connectivity index (χ2n) is 5.63. The molecule has 2 atom stereocenters. The summed E-state index contributed by atoms with van der Waals surface area (Å²) in [4.78, 5) is 38.7. The summed E-state index contributed by atoms with van der Waals surface area (Å²) in [7, 11) is 0. The van der Waals surface area contributed by atoms with Gasteiger partial charge in [-0.15, -0.1) is 0 Å². The second kappa shape index (κ2) is 6.78. The van der Waals surface area contributed by atoms with E-state index in [1.165, 1.54) is 0 Å². The summed E-state index contributed by atoms with van der Waals surface area (Å²) < 4.78 is 0. The molecule has 0 unspecified atom stereocenters. The van der Waals surface area contributed by atoms with E-state index in [2.05, 4.69) is 5.32 Å². The van der Waals surface area contributed by atoms with Gasteiger partial charge in [-0.25, -0.2) is 4.79 Å². The average Bonchev–Trinajstić information content (AvgIpc) is 2.96. The number of carboxylic acids is 1. The lowest BCUT2D eigenvalue weighted by atomic mass is 9.94. The number of urea groups is 1. The quantitative estimate of drug-likeness (QED) is 0.787. The lowest BCUT2D eigenvalue weighted by molar-refractivity contribution is -0.149. The fraction of sp³-hybridized carbons (Fsp3) is 0.786. The lowest BCUT2D eigenvalue weighted by Gasteiger charge is -2.36. The minimum Gasteiger partial charge on any atom is -0.481 e. The number of nitrogens with one attached hydrogen (secondary N) is 1. The highest BCUT2D eigenvalue weighted by atomic mass is 16.4. The number of hydrogen-bond donors (Lipinski definition) is 2. The Morgan fingerprint density at radius 1 is 1.05 bits per heavy atom. The van der Waals surface area contributed by atoms with Crippen molar-refractivity contribution in [2.24, 2.45) is 11.8 Å². The van der Waals surface area contributed by atoms with Crippen molar-refractivity contribution >= 4 is 17.9 Å². The minimum absolute atomic E-state index is 0.0598. The molecule has 1 aliphatic heterocycles. The molecule has 0 bridgehead atoms. The van der Waals surface area contributed by atoms with Gasteiger partial charge >= 0.3 is 12.0 Å². The molecule has 1 saturated heterocycles. The molecule has 2 aliphatic rings. The van der Waals surface area contributed by atoms with Crippen molar-refractivity contribution in [1.82, 2.24) is 15.1 Å². The fourth-order valence-corrected chi connectivity index (χ4v) is 3.18. The van der Waals surface area contributed by atoms with E-state index in [-0.39, 0.29) is 11.9 Å². The first-order chi connectivity index (χ1) is 10.0. The van der Waals surface area contributed by atoms with Crippen LogP contribution in [0.2, 0.25) is 0 Å². The topological polar surface area (TPSA) is 90.0 Å². The predicted octanol–water partition coefficient (Wildman–Crippen LogP) is 0.361. The van der Waals surface area contributed by atoms with Crippen molar-refractivity contribution in [2.75, 3.05) is 32.7 Å². The first kappa shape index (κ1) is 15.6. The zero-order valence-corrected chi connectivity index (χ0v) is 12.4. The maximum atomic E-state index is 12.5. The molecule has 7 nitrogen and oxygen atoms in total. The van der Waals surface area contributed by atoms with Crippen LogP contribution in [0.3, 0.4) is 0 Å². The zero-order valence-electron chi connectivity index (χ0n) is 12.4. The molecule has 0 spiro atoms. The molecule has 1 aliphatic carbocycles. The largest absolute Gasteiger partial charge is 0.481 e. The molecular weight excluding hydrogens is 274 g/mol. The summed E-state index contributed by atoms with van der Waals surface area (Å²) >= 11 is 0. The van der Waals surface area contributed by atoms with Gasteiger partial charge in [-0.3, -0.25) is 9.59 Å². The Kier molecular flexibility index (Phi) is 5.03. The van der Waals surface area contributed by atoms with Crippen molar-refractivity contribution in [3.05, 3.63) is 0 Å². The summed E-state index contributed by atoms with van der Waals surface area (Å²) in [5.74, 6) is -1.86. The van der Waals surface area contributed by atoms with Crippen LogP contribution in [0.4, 0.5) is 4.79 Å². The van der Waals surface area contributed by atoms with Crippen molar-refractivity contribution < 1.29 is 19.5 Å². The first-order valence-corrected chi connectivity index (χ1v) is 7.59. The summed E-state index contributed by atoms with van der Waals surface area (Å²) in [6.45, 7) is 4.42. The SMILES string of the molecule is CCNC(=O)N1CCN(C(=O)[C@@H]2CCC[C@@H]2C(=O)O)CC1.